The van der Waals surface area contributed by atoms with Gasteiger partial charge in [-0.2, -0.15) is 0 Å². The van der Waals surface area contributed by atoms with E-state index >= 15 is 0 Å². The Morgan fingerprint density at radius 2 is 1.93 bits per heavy atom. The first-order valence-corrected chi connectivity index (χ1v) is 5.63. The van der Waals surface area contributed by atoms with Gasteiger partial charge in [0.25, 0.3) is 0 Å². The third kappa shape index (κ3) is 6.84. The summed E-state index contributed by atoms with van der Waals surface area (Å²) in [5.41, 5.74) is 5.96. The highest BCUT2D eigenvalue weighted by Crippen LogP contribution is 2.02. The number of hydrogen-bond acceptors (Lipinski definition) is 4. The maximum absolute atomic E-state index is 5.96. The Hall–Kier alpha value is -0.160. The molecule has 0 aliphatic rings. The number of ether oxygens (including phenoxy) is 2. The summed E-state index contributed by atoms with van der Waals surface area (Å²) >= 11 is 0. The monoisotopic (exact) mass is 218 g/mol. The van der Waals surface area contributed by atoms with E-state index in [1.165, 1.54) is 0 Å². The minimum absolute atomic E-state index is 0.237. The Labute approximate surface area is 93.7 Å². The zero-order chi connectivity index (χ0) is 11.7. The first kappa shape index (κ1) is 14.8. The third-order valence-electron chi connectivity index (χ3n) is 2.61. The van der Waals surface area contributed by atoms with E-state index in [-0.39, 0.29) is 6.04 Å². The predicted octanol–water partition coefficient (Wildman–Crippen LogP) is 0.707. The Kier molecular flexibility index (Phi) is 9.00. The van der Waals surface area contributed by atoms with Crippen LogP contribution in [0.25, 0.3) is 0 Å². The van der Waals surface area contributed by atoms with Gasteiger partial charge in [0.05, 0.1) is 13.2 Å². The third-order valence-corrected chi connectivity index (χ3v) is 2.61. The predicted molar refractivity (Wildman–Crippen MR) is 63.1 cm³/mol. The zero-order valence-electron chi connectivity index (χ0n) is 10.5. The Bertz CT molecular complexity index is 145. The van der Waals surface area contributed by atoms with Crippen LogP contribution < -0.4 is 5.73 Å². The normalized spacial score (nSPS) is 15.6. The Morgan fingerprint density at radius 1 is 1.27 bits per heavy atom. The summed E-state index contributed by atoms with van der Waals surface area (Å²) in [6.07, 6.45) is 1.00. The van der Waals surface area contributed by atoms with Crippen LogP contribution in [-0.2, 0) is 9.47 Å². The van der Waals surface area contributed by atoms with E-state index in [0.29, 0.717) is 6.04 Å². The van der Waals surface area contributed by atoms with Gasteiger partial charge in [0.15, 0.2) is 0 Å². The van der Waals surface area contributed by atoms with Gasteiger partial charge in [-0.15, -0.1) is 0 Å². The van der Waals surface area contributed by atoms with Crippen LogP contribution in [0.2, 0.25) is 0 Å². The molecule has 0 rings (SSSR count). The van der Waals surface area contributed by atoms with Crippen LogP contribution in [0.4, 0.5) is 0 Å². The molecule has 0 aromatic heterocycles. The van der Waals surface area contributed by atoms with Gasteiger partial charge in [0, 0.05) is 39.4 Å². The van der Waals surface area contributed by atoms with Crippen molar-refractivity contribution in [3.05, 3.63) is 0 Å². The fourth-order valence-corrected chi connectivity index (χ4v) is 1.48. The van der Waals surface area contributed by atoms with Gasteiger partial charge in [-0.3, -0.25) is 4.90 Å². The number of rotatable bonds is 9. The second kappa shape index (κ2) is 9.09. The molecule has 0 aliphatic heterocycles. The molecule has 0 spiro atoms. The number of nitrogens with zero attached hydrogens (tertiary/aromatic N) is 1. The van der Waals surface area contributed by atoms with Crippen LogP contribution in [0.5, 0.6) is 0 Å². The zero-order valence-corrected chi connectivity index (χ0v) is 10.5. The molecule has 2 N–H and O–H groups in total. The molecule has 0 heterocycles. The fraction of sp³-hybridized carbons (Fsp3) is 1.00. The summed E-state index contributed by atoms with van der Waals surface area (Å²) in [5.74, 6) is 0. The lowest BCUT2D eigenvalue weighted by Crippen LogP contribution is -2.45. The summed E-state index contributed by atoms with van der Waals surface area (Å²) < 4.78 is 10.2. The van der Waals surface area contributed by atoms with E-state index in [1.807, 2.05) is 0 Å². The maximum atomic E-state index is 5.96. The SMILES string of the molecule is CCC(N)CN(CCOC)C(C)COC. The molecule has 0 radical (unpaired) electrons. The van der Waals surface area contributed by atoms with Crippen molar-refractivity contribution < 1.29 is 9.47 Å². The fourth-order valence-electron chi connectivity index (χ4n) is 1.48. The average molecular weight is 218 g/mol. The highest BCUT2D eigenvalue weighted by Gasteiger charge is 2.15. The summed E-state index contributed by atoms with van der Waals surface area (Å²) in [6, 6.07) is 0.629. The number of methoxy groups -OCH3 is 2. The maximum Gasteiger partial charge on any atom is 0.0615 e. The molecule has 4 nitrogen and oxygen atoms in total. The molecule has 2 unspecified atom stereocenters. The molecule has 0 fully saturated rings. The molecule has 92 valence electrons. The van der Waals surface area contributed by atoms with E-state index in [4.69, 9.17) is 15.2 Å². The van der Waals surface area contributed by atoms with Crippen molar-refractivity contribution in [2.24, 2.45) is 5.73 Å². The van der Waals surface area contributed by atoms with E-state index in [2.05, 4.69) is 18.7 Å². The lowest BCUT2D eigenvalue weighted by Gasteiger charge is -2.30. The topological polar surface area (TPSA) is 47.7 Å². The Balaban J connectivity index is 4.03. The van der Waals surface area contributed by atoms with Crippen LogP contribution in [0.3, 0.4) is 0 Å². The standard InChI is InChI=1S/C11H26N2O2/c1-5-11(12)8-13(6-7-14-3)10(2)9-15-4/h10-11H,5-9,12H2,1-4H3. The van der Waals surface area contributed by atoms with Gasteiger partial charge in [-0.05, 0) is 13.3 Å². The summed E-state index contributed by atoms with van der Waals surface area (Å²) in [6.45, 7) is 7.56. The molecule has 0 aliphatic carbocycles. The Morgan fingerprint density at radius 3 is 2.40 bits per heavy atom. The molecule has 0 saturated heterocycles. The van der Waals surface area contributed by atoms with Crippen molar-refractivity contribution in [2.75, 3.05) is 40.5 Å². The summed E-state index contributed by atoms with van der Waals surface area (Å²) in [4.78, 5) is 2.32. The van der Waals surface area contributed by atoms with Crippen molar-refractivity contribution in [1.82, 2.24) is 4.90 Å². The first-order valence-electron chi connectivity index (χ1n) is 5.63. The molecule has 0 saturated carbocycles. The minimum atomic E-state index is 0.237. The van der Waals surface area contributed by atoms with Crippen LogP contribution in [0.1, 0.15) is 20.3 Å². The summed E-state index contributed by atoms with van der Waals surface area (Å²) in [7, 11) is 3.45. The van der Waals surface area contributed by atoms with Crippen LogP contribution >= 0.6 is 0 Å². The molecule has 0 aromatic rings. The van der Waals surface area contributed by atoms with Crippen molar-refractivity contribution in [1.29, 1.82) is 0 Å². The highest BCUT2D eigenvalue weighted by molar-refractivity contribution is 4.72. The first-order chi connectivity index (χ1) is 7.15. The molecule has 0 amide bonds. The highest BCUT2D eigenvalue weighted by atomic mass is 16.5. The lowest BCUT2D eigenvalue weighted by molar-refractivity contribution is 0.0712. The van der Waals surface area contributed by atoms with Crippen LogP contribution in [0, 0.1) is 0 Å². The van der Waals surface area contributed by atoms with Gasteiger partial charge in [-0.25, -0.2) is 0 Å². The van der Waals surface area contributed by atoms with Crippen LogP contribution in [-0.4, -0.2) is 57.5 Å². The van der Waals surface area contributed by atoms with Gasteiger partial charge in [0.1, 0.15) is 0 Å². The second-order valence-electron chi connectivity index (χ2n) is 3.96. The molecule has 4 heteroatoms. The smallest absolute Gasteiger partial charge is 0.0615 e. The molecular formula is C11H26N2O2. The van der Waals surface area contributed by atoms with Gasteiger partial charge in [-0.1, -0.05) is 6.92 Å². The van der Waals surface area contributed by atoms with E-state index < -0.39 is 0 Å². The van der Waals surface area contributed by atoms with Gasteiger partial charge < -0.3 is 15.2 Å². The number of hydrogen-bond donors (Lipinski definition) is 1. The quantitative estimate of drug-likeness (QED) is 0.619. The van der Waals surface area contributed by atoms with Crippen molar-refractivity contribution >= 4 is 0 Å². The van der Waals surface area contributed by atoms with E-state index in [9.17, 15) is 0 Å². The second-order valence-corrected chi connectivity index (χ2v) is 3.96. The molecule has 15 heavy (non-hydrogen) atoms. The molecule has 0 bridgehead atoms. The lowest BCUT2D eigenvalue weighted by atomic mass is 10.2. The van der Waals surface area contributed by atoms with E-state index in [1.54, 1.807) is 14.2 Å². The molecular weight excluding hydrogens is 192 g/mol. The van der Waals surface area contributed by atoms with Crippen molar-refractivity contribution in [3.63, 3.8) is 0 Å². The van der Waals surface area contributed by atoms with Crippen LogP contribution in [0.15, 0.2) is 0 Å². The van der Waals surface area contributed by atoms with Gasteiger partial charge in [0.2, 0.25) is 0 Å². The summed E-state index contributed by atoms with van der Waals surface area (Å²) in [5, 5.41) is 0. The number of nitrogens with two attached hydrogens (primary N) is 1. The molecule has 2 atom stereocenters. The van der Waals surface area contributed by atoms with Crippen molar-refractivity contribution in [2.45, 2.75) is 32.4 Å². The van der Waals surface area contributed by atoms with Crippen molar-refractivity contribution in [3.8, 4) is 0 Å². The van der Waals surface area contributed by atoms with E-state index in [0.717, 1.165) is 32.7 Å². The van der Waals surface area contributed by atoms with Gasteiger partial charge >= 0.3 is 0 Å². The minimum Gasteiger partial charge on any atom is -0.383 e. The largest absolute Gasteiger partial charge is 0.383 e. The molecule has 0 aromatic carbocycles. The average Bonchev–Trinajstić information content (AvgIpc) is 2.24.